The molecular weight excluding hydrogens is 192 g/mol. The molecule has 0 atom stereocenters. The lowest BCUT2D eigenvalue weighted by atomic mass is 9.84. The van der Waals surface area contributed by atoms with E-state index in [0.29, 0.717) is 12.0 Å². The molecule has 0 aromatic heterocycles. The molecule has 1 fully saturated rings. The van der Waals surface area contributed by atoms with Crippen LogP contribution in [0.5, 0.6) is 0 Å². The van der Waals surface area contributed by atoms with Gasteiger partial charge in [0.2, 0.25) is 0 Å². The van der Waals surface area contributed by atoms with Gasteiger partial charge in [0.1, 0.15) is 0 Å². The van der Waals surface area contributed by atoms with E-state index in [2.05, 4.69) is 11.3 Å². The van der Waals surface area contributed by atoms with E-state index in [1.165, 1.54) is 7.11 Å². The molecule has 0 aliphatic heterocycles. The molecule has 0 unspecified atom stereocenters. The number of carbonyl (C=O) groups excluding carboxylic acids is 2. The highest BCUT2D eigenvalue weighted by Crippen LogP contribution is 2.35. The number of carbonyl (C=O) groups is 2. The molecular formula is C12H18O3. The van der Waals surface area contributed by atoms with Gasteiger partial charge in [0, 0.05) is 5.92 Å². The first kappa shape index (κ1) is 12.0. The van der Waals surface area contributed by atoms with Crippen molar-refractivity contribution in [1.29, 1.82) is 0 Å². The van der Waals surface area contributed by atoms with Gasteiger partial charge in [0.05, 0.1) is 12.5 Å². The number of ether oxygens (including phenoxy) is 1. The van der Waals surface area contributed by atoms with Crippen molar-refractivity contribution < 1.29 is 14.3 Å². The number of Topliss-reactive ketones (excluding diaryl/α,β-unsaturated/α-hetero) is 1. The number of allylic oxidation sites excluding steroid dienone is 1. The van der Waals surface area contributed by atoms with Crippen molar-refractivity contribution in [2.75, 3.05) is 7.11 Å². The summed E-state index contributed by atoms with van der Waals surface area (Å²) in [6.07, 6.45) is 2.32. The van der Waals surface area contributed by atoms with E-state index in [4.69, 9.17) is 0 Å². The Morgan fingerprint density at radius 3 is 2.33 bits per heavy atom. The van der Waals surface area contributed by atoms with Gasteiger partial charge in [0.25, 0.3) is 0 Å². The van der Waals surface area contributed by atoms with Crippen LogP contribution >= 0.6 is 0 Å². The zero-order valence-corrected chi connectivity index (χ0v) is 9.63. The van der Waals surface area contributed by atoms with E-state index in [1.807, 2.05) is 0 Å². The van der Waals surface area contributed by atoms with Crippen LogP contribution in [0, 0.1) is 11.3 Å². The lowest BCUT2D eigenvalue weighted by Crippen LogP contribution is -2.27. The van der Waals surface area contributed by atoms with Gasteiger partial charge < -0.3 is 4.74 Å². The molecule has 84 valence electrons. The molecule has 0 aromatic rings. The van der Waals surface area contributed by atoms with Crippen molar-refractivity contribution in [3.05, 3.63) is 12.2 Å². The Balaban J connectivity index is 2.56. The second kappa shape index (κ2) is 4.17. The standard InChI is InChI=1S/C12H18O3/c1-8(10(13)9-5-6-9)7-12(2,3)11(14)15-4/h9H,1,5-7H2,2-4H3. The largest absolute Gasteiger partial charge is 0.469 e. The van der Waals surface area contributed by atoms with Crippen LogP contribution in [0.3, 0.4) is 0 Å². The number of rotatable bonds is 5. The second-order valence-electron chi connectivity index (χ2n) is 4.79. The summed E-state index contributed by atoms with van der Waals surface area (Å²) in [6.45, 7) is 7.30. The molecule has 0 N–H and O–H groups in total. The van der Waals surface area contributed by atoms with Gasteiger partial charge in [-0.3, -0.25) is 9.59 Å². The lowest BCUT2D eigenvalue weighted by molar-refractivity contribution is -0.150. The van der Waals surface area contributed by atoms with Crippen LogP contribution in [-0.2, 0) is 14.3 Å². The molecule has 0 heterocycles. The predicted octanol–water partition coefficient (Wildman–Crippen LogP) is 2.11. The molecule has 1 aliphatic rings. The van der Waals surface area contributed by atoms with Gasteiger partial charge in [-0.25, -0.2) is 0 Å². The van der Waals surface area contributed by atoms with Crippen molar-refractivity contribution in [3.63, 3.8) is 0 Å². The van der Waals surface area contributed by atoms with Crippen LogP contribution in [0.25, 0.3) is 0 Å². The first-order valence-electron chi connectivity index (χ1n) is 5.19. The van der Waals surface area contributed by atoms with E-state index in [1.54, 1.807) is 13.8 Å². The van der Waals surface area contributed by atoms with Gasteiger partial charge in [0.15, 0.2) is 5.78 Å². The molecule has 0 saturated heterocycles. The molecule has 15 heavy (non-hydrogen) atoms. The molecule has 0 spiro atoms. The number of hydrogen-bond donors (Lipinski definition) is 0. The minimum absolute atomic E-state index is 0.118. The molecule has 3 nitrogen and oxygen atoms in total. The number of ketones is 1. The zero-order chi connectivity index (χ0) is 11.6. The maximum atomic E-state index is 11.6. The number of methoxy groups -OCH3 is 1. The van der Waals surface area contributed by atoms with Crippen molar-refractivity contribution in [2.45, 2.75) is 33.1 Å². The average Bonchev–Trinajstić information content (AvgIpc) is 2.97. The Hall–Kier alpha value is -1.12. The molecule has 0 bridgehead atoms. The minimum atomic E-state index is -0.656. The third-order valence-electron chi connectivity index (χ3n) is 2.69. The number of esters is 1. The highest BCUT2D eigenvalue weighted by Gasteiger charge is 2.35. The van der Waals surface area contributed by atoms with E-state index in [0.717, 1.165) is 12.8 Å². The van der Waals surface area contributed by atoms with Gasteiger partial charge >= 0.3 is 5.97 Å². The molecule has 0 aromatic carbocycles. The zero-order valence-electron chi connectivity index (χ0n) is 9.63. The highest BCUT2D eigenvalue weighted by atomic mass is 16.5. The van der Waals surface area contributed by atoms with E-state index < -0.39 is 5.41 Å². The summed E-state index contributed by atoms with van der Waals surface area (Å²) in [6, 6.07) is 0. The van der Waals surface area contributed by atoms with Gasteiger partial charge in [-0.2, -0.15) is 0 Å². The van der Waals surface area contributed by atoms with Crippen LogP contribution < -0.4 is 0 Å². The summed E-state index contributed by atoms with van der Waals surface area (Å²) < 4.78 is 4.68. The maximum absolute atomic E-state index is 11.6. The monoisotopic (exact) mass is 210 g/mol. The quantitative estimate of drug-likeness (QED) is 0.515. The molecule has 1 aliphatic carbocycles. The van der Waals surface area contributed by atoms with Gasteiger partial charge in [-0.05, 0) is 38.7 Å². The van der Waals surface area contributed by atoms with Crippen molar-refractivity contribution >= 4 is 11.8 Å². The van der Waals surface area contributed by atoms with Crippen molar-refractivity contribution in [1.82, 2.24) is 0 Å². The van der Waals surface area contributed by atoms with E-state index in [-0.39, 0.29) is 17.7 Å². The third kappa shape index (κ3) is 2.91. The first-order chi connectivity index (χ1) is 6.88. The Kier molecular flexibility index (Phi) is 3.32. The topological polar surface area (TPSA) is 43.4 Å². The molecule has 0 amide bonds. The Bertz CT molecular complexity index is 298. The fourth-order valence-corrected chi connectivity index (χ4v) is 1.60. The second-order valence-corrected chi connectivity index (χ2v) is 4.79. The van der Waals surface area contributed by atoms with Crippen LogP contribution in [0.2, 0.25) is 0 Å². The summed E-state index contributed by atoms with van der Waals surface area (Å²) in [5.41, 5.74) is -0.107. The Morgan fingerprint density at radius 1 is 1.40 bits per heavy atom. The SMILES string of the molecule is C=C(CC(C)(C)C(=O)OC)C(=O)C1CC1. The number of hydrogen-bond acceptors (Lipinski definition) is 3. The van der Waals surface area contributed by atoms with Crippen LogP contribution in [0.1, 0.15) is 33.1 Å². The van der Waals surface area contributed by atoms with Gasteiger partial charge in [-0.15, -0.1) is 0 Å². The van der Waals surface area contributed by atoms with Crippen LogP contribution in [0.4, 0.5) is 0 Å². The van der Waals surface area contributed by atoms with E-state index >= 15 is 0 Å². The van der Waals surface area contributed by atoms with Crippen molar-refractivity contribution in [2.24, 2.45) is 11.3 Å². The fourth-order valence-electron chi connectivity index (χ4n) is 1.60. The molecule has 1 rings (SSSR count). The minimum Gasteiger partial charge on any atom is -0.469 e. The maximum Gasteiger partial charge on any atom is 0.311 e. The Morgan fingerprint density at radius 2 is 1.93 bits per heavy atom. The first-order valence-corrected chi connectivity index (χ1v) is 5.19. The summed E-state index contributed by atoms with van der Waals surface area (Å²) >= 11 is 0. The highest BCUT2D eigenvalue weighted by molar-refractivity contribution is 5.98. The van der Waals surface area contributed by atoms with Crippen LogP contribution in [0.15, 0.2) is 12.2 Å². The van der Waals surface area contributed by atoms with Gasteiger partial charge in [-0.1, -0.05) is 6.58 Å². The van der Waals surface area contributed by atoms with Crippen LogP contribution in [-0.4, -0.2) is 18.9 Å². The lowest BCUT2D eigenvalue weighted by Gasteiger charge is -2.21. The average molecular weight is 210 g/mol. The third-order valence-corrected chi connectivity index (χ3v) is 2.69. The summed E-state index contributed by atoms with van der Waals surface area (Å²) in [5.74, 6) is -0.00910. The summed E-state index contributed by atoms with van der Waals surface area (Å²) in [4.78, 5) is 23.0. The fraction of sp³-hybridized carbons (Fsp3) is 0.667. The van der Waals surface area contributed by atoms with Crippen molar-refractivity contribution in [3.8, 4) is 0 Å². The molecule has 3 heteroatoms. The normalized spacial score (nSPS) is 15.9. The summed E-state index contributed by atoms with van der Waals surface area (Å²) in [7, 11) is 1.36. The molecule has 1 saturated carbocycles. The molecule has 0 radical (unpaired) electrons. The summed E-state index contributed by atoms with van der Waals surface area (Å²) in [5, 5.41) is 0. The van der Waals surface area contributed by atoms with E-state index in [9.17, 15) is 9.59 Å². The Labute approximate surface area is 90.5 Å². The predicted molar refractivity (Wildman–Crippen MR) is 57.3 cm³/mol. The smallest absolute Gasteiger partial charge is 0.311 e.